The third-order valence-electron chi connectivity index (χ3n) is 3.42. The topological polar surface area (TPSA) is 55.8 Å². The summed E-state index contributed by atoms with van der Waals surface area (Å²) < 4.78 is 37.5. The molecule has 104 valence electrons. The number of ether oxygens (including phenoxy) is 2. The minimum Gasteiger partial charge on any atom is -0.492 e. The Kier molecular flexibility index (Phi) is 3.34. The predicted octanol–water partition coefficient (Wildman–Crippen LogP) is 2.49. The Hall–Kier alpha value is -1.85. The van der Waals surface area contributed by atoms with Gasteiger partial charge in [0, 0.05) is 17.0 Å². The van der Waals surface area contributed by atoms with Crippen molar-refractivity contribution in [2.75, 3.05) is 14.2 Å². The van der Waals surface area contributed by atoms with Gasteiger partial charge in [-0.1, -0.05) is 0 Å². The molecule has 0 aliphatic heterocycles. The zero-order valence-electron chi connectivity index (χ0n) is 10.6. The lowest BCUT2D eigenvalue weighted by molar-refractivity contribution is -0.137. The molecule has 0 amide bonds. The van der Waals surface area contributed by atoms with E-state index in [0.717, 1.165) is 0 Å². The van der Waals surface area contributed by atoms with Gasteiger partial charge in [-0.25, -0.2) is 8.78 Å². The van der Waals surface area contributed by atoms with Crippen molar-refractivity contribution < 1.29 is 28.2 Å². The molecule has 1 fully saturated rings. The Morgan fingerprint density at radius 3 is 2.26 bits per heavy atom. The molecule has 19 heavy (non-hydrogen) atoms. The van der Waals surface area contributed by atoms with E-state index < -0.39 is 23.0 Å². The Bertz CT molecular complexity index is 524. The highest BCUT2D eigenvalue weighted by molar-refractivity contribution is 5.71. The van der Waals surface area contributed by atoms with Crippen LogP contribution in [0.1, 0.15) is 24.8 Å². The van der Waals surface area contributed by atoms with E-state index >= 15 is 0 Å². The SMILES string of the molecule is COc1c(F)cc(F)c(C2(CC(=O)O)CC2)c1OC. The van der Waals surface area contributed by atoms with E-state index in [1.54, 1.807) is 0 Å². The normalized spacial score (nSPS) is 16.0. The van der Waals surface area contributed by atoms with Crippen LogP contribution in [0.5, 0.6) is 11.5 Å². The van der Waals surface area contributed by atoms with Crippen LogP contribution in [0, 0.1) is 11.6 Å². The molecule has 0 atom stereocenters. The van der Waals surface area contributed by atoms with Crippen molar-refractivity contribution in [1.29, 1.82) is 0 Å². The van der Waals surface area contributed by atoms with Crippen LogP contribution in [0.2, 0.25) is 0 Å². The van der Waals surface area contributed by atoms with Crippen molar-refractivity contribution in [3.63, 3.8) is 0 Å². The molecule has 1 saturated carbocycles. The minimum absolute atomic E-state index is 0.0567. The Labute approximate surface area is 108 Å². The molecule has 0 aromatic heterocycles. The van der Waals surface area contributed by atoms with Gasteiger partial charge in [-0.15, -0.1) is 0 Å². The van der Waals surface area contributed by atoms with Crippen molar-refractivity contribution in [2.45, 2.75) is 24.7 Å². The summed E-state index contributed by atoms with van der Waals surface area (Å²) in [7, 11) is 2.52. The van der Waals surface area contributed by atoms with E-state index in [-0.39, 0.29) is 23.5 Å². The largest absolute Gasteiger partial charge is 0.492 e. The first-order chi connectivity index (χ1) is 8.95. The average molecular weight is 272 g/mol. The van der Waals surface area contributed by atoms with Crippen molar-refractivity contribution >= 4 is 5.97 Å². The molecule has 2 rings (SSSR count). The minimum atomic E-state index is -1.03. The van der Waals surface area contributed by atoms with E-state index in [0.29, 0.717) is 18.9 Å². The molecule has 0 bridgehead atoms. The summed E-state index contributed by atoms with van der Waals surface area (Å²) in [4.78, 5) is 10.9. The van der Waals surface area contributed by atoms with Crippen molar-refractivity contribution in [1.82, 2.24) is 0 Å². The van der Waals surface area contributed by atoms with Crippen LogP contribution in [0.15, 0.2) is 6.07 Å². The molecule has 1 aromatic carbocycles. The number of rotatable bonds is 5. The van der Waals surface area contributed by atoms with Crippen LogP contribution in [-0.4, -0.2) is 25.3 Å². The molecule has 4 nitrogen and oxygen atoms in total. The average Bonchev–Trinajstić information content (AvgIpc) is 3.07. The van der Waals surface area contributed by atoms with E-state index in [2.05, 4.69) is 0 Å². The lowest BCUT2D eigenvalue weighted by Gasteiger charge is -2.20. The summed E-state index contributed by atoms with van der Waals surface area (Å²) in [5, 5.41) is 8.92. The number of halogens is 2. The monoisotopic (exact) mass is 272 g/mol. The van der Waals surface area contributed by atoms with Gasteiger partial charge < -0.3 is 14.6 Å². The summed E-state index contributed by atoms with van der Waals surface area (Å²) in [6.07, 6.45) is 0.845. The number of aliphatic carboxylic acids is 1. The summed E-state index contributed by atoms with van der Waals surface area (Å²) in [6, 6.07) is 0.707. The maximum Gasteiger partial charge on any atom is 0.304 e. The molecular weight excluding hydrogens is 258 g/mol. The van der Waals surface area contributed by atoms with E-state index in [1.807, 2.05) is 0 Å². The quantitative estimate of drug-likeness (QED) is 0.894. The van der Waals surface area contributed by atoms with Gasteiger partial charge in [-0.2, -0.15) is 0 Å². The van der Waals surface area contributed by atoms with Crippen LogP contribution in [-0.2, 0) is 10.2 Å². The Morgan fingerprint density at radius 2 is 1.84 bits per heavy atom. The number of benzene rings is 1. The molecule has 1 aliphatic rings. The predicted molar refractivity (Wildman–Crippen MR) is 62.6 cm³/mol. The zero-order valence-corrected chi connectivity index (χ0v) is 10.6. The molecule has 0 spiro atoms. The standard InChI is InChI=1S/C13H14F2O4/c1-18-11-8(15)5-7(14)10(12(11)19-2)13(3-4-13)6-9(16)17/h5H,3-4,6H2,1-2H3,(H,16,17). The second-order valence-electron chi connectivity index (χ2n) is 4.63. The fourth-order valence-corrected chi connectivity index (χ4v) is 2.41. The van der Waals surface area contributed by atoms with Gasteiger partial charge in [0.1, 0.15) is 5.82 Å². The molecule has 0 unspecified atom stereocenters. The smallest absolute Gasteiger partial charge is 0.304 e. The first kappa shape index (κ1) is 13.6. The number of carbonyl (C=O) groups is 1. The molecule has 0 heterocycles. The summed E-state index contributed by atoms with van der Waals surface area (Å²) in [5.41, 5.74) is -0.724. The summed E-state index contributed by atoms with van der Waals surface area (Å²) in [5.74, 6) is -2.95. The first-order valence-electron chi connectivity index (χ1n) is 5.77. The van der Waals surface area contributed by atoms with Gasteiger partial charge in [0.25, 0.3) is 0 Å². The second-order valence-corrected chi connectivity index (χ2v) is 4.63. The van der Waals surface area contributed by atoms with Crippen LogP contribution < -0.4 is 9.47 Å². The maximum atomic E-state index is 14.0. The molecule has 1 aromatic rings. The van der Waals surface area contributed by atoms with Crippen molar-refractivity contribution in [3.8, 4) is 11.5 Å². The van der Waals surface area contributed by atoms with Crippen LogP contribution in [0.3, 0.4) is 0 Å². The second kappa shape index (κ2) is 4.68. The fourth-order valence-electron chi connectivity index (χ4n) is 2.41. The van der Waals surface area contributed by atoms with E-state index in [1.165, 1.54) is 14.2 Å². The highest BCUT2D eigenvalue weighted by atomic mass is 19.1. The van der Waals surface area contributed by atoms with Crippen LogP contribution >= 0.6 is 0 Å². The van der Waals surface area contributed by atoms with Gasteiger partial charge in [0.2, 0.25) is 0 Å². The summed E-state index contributed by atoms with van der Waals surface area (Å²) in [6.45, 7) is 0. The highest BCUT2D eigenvalue weighted by Gasteiger charge is 2.50. The Morgan fingerprint density at radius 1 is 1.26 bits per heavy atom. The highest BCUT2D eigenvalue weighted by Crippen LogP contribution is 2.56. The van der Waals surface area contributed by atoms with E-state index in [4.69, 9.17) is 14.6 Å². The number of methoxy groups -OCH3 is 2. The van der Waals surface area contributed by atoms with Crippen LogP contribution in [0.4, 0.5) is 8.78 Å². The first-order valence-corrected chi connectivity index (χ1v) is 5.77. The molecule has 1 N–H and O–H groups in total. The van der Waals surface area contributed by atoms with Crippen LogP contribution in [0.25, 0.3) is 0 Å². The lowest BCUT2D eigenvalue weighted by Crippen LogP contribution is -2.17. The van der Waals surface area contributed by atoms with Gasteiger partial charge in [0.15, 0.2) is 17.3 Å². The van der Waals surface area contributed by atoms with Crippen molar-refractivity contribution in [2.24, 2.45) is 0 Å². The third kappa shape index (κ3) is 2.22. The fraction of sp³-hybridized carbons (Fsp3) is 0.462. The zero-order chi connectivity index (χ0) is 14.2. The van der Waals surface area contributed by atoms with Gasteiger partial charge in [-0.3, -0.25) is 4.79 Å². The number of hydrogen-bond donors (Lipinski definition) is 1. The number of carboxylic acid groups (broad SMARTS) is 1. The molecule has 1 aliphatic carbocycles. The lowest BCUT2D eigenvalue weighted by atomic mass is 9.90. The van der Waals surface area contributed by atoms with Gasteiger partial charge in [-0.05, 0) is 12.8 Å². The number of carboxylic acids is 1. The summed E-state index contributed by atoms with van der Waals surface area (Å²) >= 11 is 0. The molecule has 6 heteroatoms. The van der Waals surface area contributed by atoms with Gasteiger partial charge >= 0.3 is 5.97 Å². The maximum absolute atomic E-state index is 14.0. The molecule has 0 saturated heterocycles. The number of hydrogen-bond acceptors (Lipinski definition) is 3. The molecular formula is C13H14F2O4. The Balaban J connectivity index is 2.59. The van der Waals surface area contributed by atoms with E-state index in [9.17, 15) is 13.6 Å². The van der Waals surface area contributed by atoms with Gasteiger partial charge in [0.05, 0.1) is 20.6 Å². The van der Waals surface area contributed by atoms with Crippen molar-refractivity contribution in [3.05, 3.63) is 23.3 Å². The third-order valence-corrected chi connectivity index (χ3v) is 3.42. The molecule has 0 radical (unpaired) electrons.